The number of phenolic OH excluding ortho intramolecular Hbond substituents is 4. The van der Waals surface area contributed by atoms with Crippen LogP contribution >= 0.6 is 0 Å². The number of nitrogens with one attached hydrogen (secondary N) is 1. The van der Waals surface area contributed by atoms with E-state index < -0.39 is 21.5 Å². The Kier molecular flexibility index (Phi) is 5.43. The molecule has 0 spiro atoms. The number of sulfonamides is 1. The van der Waals surface area contributed by atoms with Gasteiger partial charge in [0.05, 0.1) is 4.90 Å². The fourth-order valence-corrected chi connectivity index (χ4v) is 3.66. The van der Waals surface area contributed by atoms with E-state index in [0.717, 1.165) is 28.8 Å². The van der Waals surface area contributed by atoms with Gasteiger partial charge in [-0.1, -0.05) is 30.3 Å². The fourth-order valence-electron chi connectivity index (χ4n) is 2.62. The highest BCUT2D eigenvalue weighted by Gasteiger charge is 2.15. The van der Waals surface area contributed by atoms with Gasteiger partial charge in [-0.2, -0.15) is 0 Å². The van der Waals surface area contributed by atoms with Crippen molar-refractivity contribution in [3.63, 3.8) is 0 Å². The van der Waals surface area contributed by atoms with E-state index in [1.807, 2.05) is 12.1 Å². The van der Waals surface area contributed by atoms with Gasteiger partial charge in [-0.15, -0.1) is 0 Å². The van der Waals surface area contributed by atoms with Crippen LogP contribution in [0.15, 0.2) is 65.6 Å². The highest BCUT2D eigenvalue weighted by atomic mass is 32.2. The molecule has 0 aromatic heterocycles. The van der Waals surface area contributed by atoms with E-state index in [9.17, 15) is 28.8 Å². The zero-order valence-corrected chi connectivity index (χ0v) is 15.5. The third-order valence-corrected chi connectivity index (χ3v) is 5.59. The molecule has 8 heteroatoms. The van der Waals surface area contributed by atoms with Gasteiger partial charge in [0.15, 0.2) is 23.0 Å². The van der Waals surface area contributed by atoms with Gasteiger partial charge in [0, 0.05) is 12.6 Å². The molecule has 0 fully saturated rings. The summed E-state index contributed by atoms with van der Waals surface area (Å²) < 4.78 is 27.0. The van der Waals surface area contributed by atoms with Gasteiger partial charge in [0.25, 0.3) is 0 Å². The van der Waals surface area contributed by atoms with Crippen LogP contribution < -0.4 is 4.72 Å². The van der Waals surface area contributed by atoms with Crippen LogP contribution in [0.2, 0.25) is 0 Å². The zero-order chi connectivity index (χ0) is 20.3. The molecule has 7 nitrogen and oxygen atoms in total. The topological polar surface area (TPSA) is 127 Å². The van der Waals surface area contributed by atoms with Gasteiger partial charge in [-0.05, 0) is 47.4 Å². The lowest BCUT2D eigenvalue weighted by molar-refractivity contribution is 0.402. The standard InChI is InChI=1S/C20H19NO6S/c22-17-7-5-15(10-19(17)24)9-13-1-3-14(4-2-13)12-21-28(26,27)16-6-8-18(23)20(25)11-16/h1-8,10-11,21-25H,9,12H2. The van der Waals surface area contributed by atoms with Gasteiger partial charge in [-0.25, -0.2) is 13.1 Å². The van der Waals surface area contributed by atoms with Crippen LogP contribution in [0.25, 0.3) is 0 Å². The van der Waals surface area contributed by atoms with Crippen LogP contribution in [-0.2, 0) is 23.0 Å². The van der Waals surface area contributed by atoms with Crippen molar-refractivity contribution < 1.29 is 28.8 Å². The average molecular weight is 401 g/mol. The molecule has 3 rings (SSSR count). The Morgan fingerprint density at radius 1 is 0.643 bits per heavy atom. The Hall–Kier alpha value is -3.23. The number of rotatable bonds is 6. The van der Waals surface area contributed by atoms with Crippen molar-refractivity contribution in [2.75, 3.05) is 0 Å². The first-order valence-electron chi connectivity index (χ1n) is 8.35. The smallest absolute Gasteiger partial charge is 0.241 e. The molecule has 3 aromatic carbocycles. The quantitative estimate of drug-likeness (QED) is 0.404. The van der Waals surface area contributed by atoms with Crippen LogP contribution in [0, 0.1) is 0 Å². The fraction of sp³-hybridized carbons (Fsp3) is 0.100. The third kappa shape index (κ3) is 4.54. The number of phenols is 4. The van der Waals surface area contributed by atoms with Crippen molar-refractivity contribution in [2.45, 2.75) is 17.9 Å². The van der Waals surface area contributed by atoms with Gasteiger partial charge >= 0.3 is 0 Å². The average Bonchev–Trinajstić information content (AvgIpc) is 2.66. The lowest BCUT2D eigenvalue weighted by Crippen LogP contribution is -2.23. The second-order valence-corrected chi connectivity index (χ2v) is 8.06. The lowest BCUT2D eigenvalue weighted by atomic mass is 10.0. The summed E-state index contributed by atoms with van der Waals surface area (Å²) in [6, 6.07) is 15.2. The highest BCUT2D eigenvalue weighted by molar-refractivity contribution is 7.89. The minimum absolute atomic E-state index is 0.0598. The van der Waals surface area contributed by atoms with Gasteiger partial charge < -0.3 is 20.4 Å². The summed E-state index contributed by atoms with van der Waals surface area (Å²) in [7, 11) is -3.84. The van der Waals surface area contributed by atoms with E-state index in [2.05, 4.69) is 4.72 Å². The minimum atomic E-state index is -3.84. The van der Waals surface area contributed by atoms with Crippen LogP contribution in [-0.4, -0.2) is 28.8 Å². The summed E-state index contributed by atoms with van der Waals surface area (Å²) in [5, 5.41) is 37.6. The Morgan fingerprint density at radius 2 is 1.18 bits per heavy atom. The van der Waals surface area contributed by atoms with E-state index in [0.29, 0.717) is 6.42 Å². The normalized spacial score (nSPS) is 11.4. The van der Waals surface area contributed by atoms with E-state index >= 15 is 0 Å². The monoisotopic (exact) mass is 401 g/mol. The number of benzene rings is 3. The molecule has 146 valence electrons. The predicted molar refractivity (Wildman–Crippen MR) is 103 cm³/mol. The third-order valence-electron chi connectivity index (χ3n) is 4.19. The number of aromatic hydroxyl groups is 4. The molecule has 0 atom stereocenters. The first-order valence-corrected chi connectivity index (χ1v) is 9.83. The van der Waals surface area contributed by atoms with Crippen molar-refractivity contribution in [3.05, 3.63) is 77.4 Å². The number of hydrogen-bond donors (Lipinski definition) is 5. The molecule has 3 aromatic rings. The first kappa shape index (κ1) is 19.5. The molecule has 0 bridgehead atoms. The Balaban J connectivity index is 1.65. The van der Waals surface area contributed by atoms with E-state index in [-0.39, 0.29) is 22.9 Å². The molecule has 0 saturated heterocycles. The van der Waals surface area contributed by atoms with Gasteiger partial charge in [-0.3, -0.25) is 0 Å². The van der Waals surface area contributed by atoms with Crippen LogP contribution in [0.5, 0.6) is 23.0 Å². The van der Waals surface area contributed by atoms with Crippen molar-refractivity contribution in [3.8, 4) is 23.0 Å². The van der Waals surface area contributed by atoms with Crippen LogP contribution in [0.1, 0.15) is 16.7 Å². The van der Waals surface area contributed by atoms with Crippen molar-refractivity contribution in [1.29, 1.82) is 0 Å². The molecule has 0 saturated carbocycles. The molecule has 0 unspecified atom stereocenters. The minimum Gasteiger partial charge on any atom is -0.504 e. The SMILES string of the molecule is O=S(=O)(NCc1ccc(Cc2ccc(O)c(O)c2)cc1)c1ccc(O)c(O)c1. The highest BCUT2D eigenvalue weighted by Crippen LogP contribution is 2.27. The molecule has 28 heavy (non-hydrogen) atoms. The lowest BCUT2D eigenvalue weighted by Gasteiger charge is -2.09. The number of hydrogen-bond acceptors (Lipinski definition) is 6. The Labute approximate surface area is 162 Å². The molecule has 5 N–H and O–H groups in total. The summed E-state index contributed by atoms with van der Waals surface area (Å²) in [6.45, 7) is 0.0598. The molecule has 0 aliphatic rings. The first-order chi connectivity index (χ1) is 13.2. The van der Waals surface area contributed by atoms with Crippen LogP contribution in [0.4, 0.5) is 0 Å². The summed E-state index contributed by atoms with van der Waals surface area (Å²) >= 11 is 0. The Bertz CT molecular complexity index is 1090. The van der Waals surface area contributed by atoms with Crippen LogP contribution in [0.3, 0.4) is 0 Å². The van der Waals surface area contributed by atoms with Gasteiger partial charge in [0.1, 0.15) is 0 Å². The maximum atomic E-state index is 12.3. The Morgan fingerprint density at radius 3 is 1.79 bits per heavy atom. The molecular weight excluding hydrogens is 382 g/mol. The second-order valence-electron chi connectivity index (χ2n) is 6.29. The molecule has 0 amide bonds. The van der Waals surface area contributed by atoms with Crippen molar-refractivity contribution in [1.82, 2.24) is 4.72 Å². The summed E-state index contributed by atoms with van der Waals surface area (Å²) in [6.07, 6.45) is 0.548. The predicted octanol–water partition coefficient (Wildman–Crippen LogP) is 2.58. The molecule has 0 radical (unpaired) electrons. The maximum Gasteiger partial charge on any atom is 0.241 e. The second kappa shape index (κ2) is 7.79. The maximum absolute atomic E-state index is 12.3. The molecule has 0 aliphatic heterocycles. The summed E-state index contributed by atoms with van der Waals surface area (Å²) in [5.74, 6) is -1.25. The molecule has 0 aliphatic carbocycles. The van der Waals surface area contributed by atoms with E-state index in [1.54, 1.807) is 18.2 Å². The van der Waals surface area contributed by atoms with Crippen molar-refractivity contribution in [2.24, 2.45) is 0 Å². The molecule has 0 heterocycles. The largest absolute Gasteiger partial charge is 0.504 e. The molecular formula is C20H19NO6S. The van der Waals surface area contributed by atoms with E-state index in [1.165, 1.54) is 18.2 Å². The van der Waals surface area contributed by atoms with E-state index in [4.69, 9.17) is 0 Å². The summed E-state index contributed by atoms with van der Waals surface area (Å²) in [5.41, 5.74) is 2.53. The summed E-state index contributed by atoms with van der Waals surface area (Å²) in [4.78, 5) is -0.147. The van der Waals surface area contributed by atoms with Crippen molar-refractivity contribution >= 4 is 10.0 Å². The van der Waals surface area contributed by atoms with Gasteiger partial charge in [0.2, 0.25) is 10.0 Å². The zero-order valence-electron chi connectivity index (χ0n) is 14.7.